The molecule has 0 heterocycles. The zero-order valence-corrected chi connectivity index (χ0v) is 6.46. The third kappa shape index (κ3) is 3.49. The fraction of sp³-hybridized carbons (Fsp3) is 0.750. The van der Waals surface area contributed by atoms with Crippen molar-refractivity contribution in [3.05, 3.63) is 0 Å². The summed E-state index contributed by atoms with van der Waals surface area (Å²) in [6.45, 7) is 3.55. The van der Waals surface area contributed by atoms with Crippen LogP contribution in [-0.2, 0) is 0 Å². The van der Waals surface area contributed by atoms with Crippen LogP contribution in [0.1, 0.15) is 20.3 Å². The molecule has 0 bridgehead atoms. The Kier molecular flexibility index (Phi) is 5.00. The third-order valence-electron chi connectivity index (χ3n) is 1.43. The number of rotatable bonds is 3. The molecule has 2 N–H and O–H groups in total. The van der Waals surface area contributed by atoms with Crippen molar-refractivity contribution < 1.29 is 10.2 Å². The first-order chi connectivity index (χ1) is 4.72. The highest BCUT2D eigenvalue weighted by Gasteiger charge is 2.10. The molecule has 0 saturated heterocycles. The highest BCUT2D eigenvalue weighted by Crippen LogP contribution is 2.04. The van der Waals surface area contributed by atoms with Crippen molar-refractivity contribution in [3.63, 3.8) is 0 Å². The van der Waals surface area contributed by atoms with Gasteiger partial charge in [-0.25, -0.2) is 0 Å². The Morgan fingerprint density at radius 3 is 2.50 bits per heavy atom. The quantitative estimate of drug-likeness (QED) is 0.559. The second kappa shape index (κ2) is 5.28. The van der Waals surface area contributed by atoms with Crippen molar-refractivity contribution >= 4 is 0 Å². The highest BCUT2D eigenvalue weighted by molar-refractivity contribution is 4.97. The molecule has 0 aromatic rings. The van der Waals surface area contributed by atoms with Crippen LogP contribution >= 0.6 is 0 Å². The van der Waals surface area contributed by atoms with E-state index in [1.54, 1.807) is 13.8 Å². The summed E-state index contributed by atoms with van der Waals surface area (Å²) in [7, 11) is 0. The minimum Gasteiger partial charge on any atom is -0.396 e. The molecular formula is C8H14O2. The van der Waals surface area contributed by atoms with E-state index >= 15 is 0 Å². The zero-order chi connectivity index (χ0) is 7.98. The van der Waals surface area contributed by atoms with Crippen molar-refractivity contribution in [1.82, 2.24) is 0 Å². The van der Waals surface area contributed by atoms with E-state index in [4.69, 9.17) is 5.11 Å². The number of hydrogen-bond acceptors (Lipinski definition) is 2. The molecule has 0 aromatic carbocycles. The minimum absolute atomic E-state index is 0.0204. The fourth-order valence-corrected chi connectivity index (χ4v) is 0.529. The smallest absolute Gasteiger partial charge is 0.0696 e. The van der Waals surface area contributed by atoms with Gasteiger partial charge in [0.1, 0.15) is 0 Å². The van der Waals surface area contributed by atoms with Crippen LogP contribution in [-0.4, -0.2) is 22.9 Å². The van der Waals surface area contributed by atoms with E-state index in [0.29, 0.717) is 6.42 Å². The molecule has 2 heteroatoms. The van der Waals surface area contributed by atoms with E-state index < -0.39 is 6.10 Å². The lowest BCUT2D eigenvalue weighted by atomic mass is 10.0. The number of hydrogen-bond donors (Lipinski definition) is 2. The predicted molar refractivity (Wildman–Crippen MR) is 40.3 cm³/mol. The summed E-state index contributed by atoms with van der Waals surface area (Å²) in [6, 6.07) is 0. The van der Waals surface area contributed by atoms with Crippen LogP contribution in [0.3, 0.4) is 0 Å². The monoisotopic (exact) mass is 142 g/mol. The van der Waals surface area contributed by atoms with Crippen LogP contribution in [0, 0.1) is 17.8 Å². The van der Waals surface area contributed by atoms with Gasteiger partial charge in [-0.2, -0.15) is 0 Å². The summed E-state index contributed by atoms with van der Waals surface area (Å²) < 4.78 is 0. The van der Waals surface area contributed by atoms with Gasteiger partial charge in [0.2, 0.25) is 0 Å². The molecule has 0 rings (SSSR count). The van der Waals surface area contributed by atoms with Gasteiger partial charge in [0.15, 0.2) is 0 Å². The van der Waals surface area contributed by atoms with Crippen LogP contribution in [0.4, 0.5) is 0 Å². The molecule has 0 fully saturated rings. The Morgan fingerprint density at radius 2 is 2.10 bits per heavy atom. The Labute approximate surface area is 61.9 Å². The first-order valence-electron chi connectivity index (χ1n) is 3.41. The van der Waals surface area contributed by atoms with Gasteiger partial charge in [0, 0.05) is 18.9 Å². The van der Waals surface area contributed by atoms with Crippen LogP contribution in [0.25, 0.3) is 0 Å². The summed E-state index contributed by atoms with van der Waals surface area (Å²) in [5.74, 6) is 5.37. The SMILES string of the molecule is CC#CCC(O)C(C)CO. The molecule has 0 aliphatic carbocycles. The molecule has 0 radical (unpaired) electrons. The first kappa shape index (κ1) is 9.48. The van der Waals surface area contributed by atoms with Gasteiger partial charge in [0.25, 0.3) is 0 Å². The number of aliphatic hydroxyl groups is 2. The first-order valence-corrected chi connectivity index (χ1v) is 3.41. The van der Waals surface area contributed by atoms with E-state index in [2.05, 4.69) is 11.8 Å². The molecular weight excluding hydrogens is 128 g/mol. The highest BCUT2D eigenvalue weighted by atomic mass is 16.3. The van der Waals surface area contributed by atoms with Crippen molar-refractivity contribution in [2.45, 2.75) is 26.4 Å². The van der Waals surface area contributed by atoms with Gasteiger partial charge < -0.3 is 10.2 Å². The summed E-state index contributed by atoms with van der Waals surface area (Å²) >= 11 is 0. The van der Waals surface area contributed by atoms with Gasteiger partial charge >= 0.3 is 0 Å². The molecule has 0 saturated carbocycles. The largest absolute Gasteiger partial charge is 0.396 e. The van der Waals surface area contributed by atoms with Crippen molar-refractivity contribution in [3.8, 4) is 11.8 Å². The van der Waals surface area contributed by atoms with Gasteiger partial charge in [-0.3, -0.25) is 0 Å². The van der Waals surface area contributed by atoms with Gasteiger partial charge in [0.05, 0.1) is 6.10 Å². The second-order valence-corrected chi connectivity index (χ2v) is 2.36. The van der Waals surface area contributed by atoms with E-state index in [9.17, 15) is 5.11 Å². The van der Waals surface area contributed by atoms with E-state index in [1.807, 2.05) is 0 Å². The average molecular weight is 142 g/mol. The molecule has 58 valence electrons. The van der Waals surface area contributed by atoms with E-state index in [0.717, 1.165) is 0 Å². The lowest BCUT2D eigenvalue weighted by Crippen LogP contribution is -2.19. The predicted octanol–water partition coefficient (Wildman–Crippen LogP) is 0.389. The normalized spacial score (nSPS) is 15.2. The Morgan fingerprint density at radius 1 is 1.50 bits per heavy atom. The van der Waals surface area contributed by atoms with Crippen LogP contribution < -0.4 is 0 Å². The second-order valence-electron chi connectivity index (χ2n) is 2.36. The average Bonchev–Trinajstić information content (AvgIpc) is 1.98. The molecule has 2 nitrogen and oxygen atoms in total. The zero-order valence-electron chi connectivity index (χ0n) is 6.46. The fourth-order valence-electron chi connectivity index (χ4n) is 0.529. The van der Waals surface area contributed by atoms with E-state index in [-0.39, 0.29) is 12.5 Å². The van der Waals surface area contributed by atoms with Crippen LogP contribution in [0.5, 0.6) is 0 Å². The maximum Gasteiger partial charge on any atom is 0.0696 e. The van der Waals surface area contributed by atoms with Gasteiger partial charge in [-0.1, -0.05) is 6.92 Å². The van der Waals surface area contributed by atoms with Crippen molar-refractivity contribution in [2.75, 3.05) is 6.61 Å². The molecule has 0 amide bonds. The lowest BCUT2D eigenvalue weighted by Gasteiger charge is -2.12. The lowest BCUT2D eigenvalue weighted by molar-refractivity contribution is 0.0811. The standard InChI is InChI=1S/C8H14O2/c1-3-4-5-8(10)7(2)6-9/h7-10H,5-6H2,1-2H3. The van der Waals surface area contributed by atoms with Gasteiger partial charge in [-0.05, 0) is 6.92 Å². The topological polar surface area (TPSA) is 40.5 Å². The van der Waals surface area contributed by atoms with Crippen LogP contribution in [0.15, 0.2) is 0 Å². The molecule has 0 aliphatic rings. The molecule has 0 spiro atoms. The molecule has 10 heavy (non-hydrogen) atoms. The molecule has 0 aromatic heterocycles. The molecule has 2 atom stereocenters. The van der Waals surface area contributed by atoms with E-state index in [1.165, 1.54) is 0 Å². The Balaban J connectivity index is 3.57. The summed E-state index contributed by atoms with van der Waals surface area (Å²) in [5, 5.41) is 17.8. The molecule has 0 aliphatic heterocycles. The maximum absolute atomic E-state index is 9.19. The molecule has 2 unspecified atom stereocenters. The third-order valence-corrected chi connectivity index (χ3v) is 1.43. The summed E-state index contributed by atoms with van der Waals surface area (Å²) in [4.78, 5) is 0. The number of aliphatic hydroxyl groups excluding tert-OH is 2. The van der Waals surface area contributed by atoms with Crippen molar-refractivity contribution in [1.29, 1.82) is 0 Å². The van der Waals surface area contributed by atoms with Crippen LogP contribution in [0.2, 0.25) is 0 Å². The summed E-state index contributed by atoms with van der Waals surface area (Å²) in [5.41, 5.74) is 0. The Hall–Kier alpha value is -0.520. The maximum atomic E-state index is 9.19. The Bertz CT molecular complexity index is 132. The van der Waals surface area contributed by atoms with Crippen molar-refractivity contribution in [2.24, 2.45) is 5.92 Å². The minimum atomic E-state index is -0.488. The van der Waals surface area contributed by atoms with Gasteiger partial charge in [-0.15, -0.1) is 11.8 Å². The summed E-state index contributed by atoms with van der Waals surface area (Å²) in [6.07, 6.45) is -0.0319.